The number of H-pyrrole nitrogens is 1. The summed E-state index contributed by atoms with van der Waals surface area (Å²) in [6.07, 6.45) is 10.1. The lowest BCUT2D eigenvalue weighted by Gasteiger charge is -2.06. The van der Waals surface area contributed by atoms with Crippen molar-refractivity contribution in [2.75, 3.05) is 6.54 Å². The van der Waals surface area contributed by atoms with Crippen LogP contribution in [-0.4, -0.2) is 16.5 Å². The Kier molecular flexibility index (Phi) is 6.11. The SMILES string of the molecule is CCCCc1cccc2c(CCCCN)c(-c3ccncc3Cl)[nH]c12. The van der Waals surface area contributed by atoms with Gasteiger partial charge in [-0.1, -0.05) is 43.1 Å². The molecule has 0 fully saturated rings. The summed E-state index contributed by atoms with van der Waals surface area (Å²) < 4.78 is 0. The van der Waals surface area contributed by atoms with Crippen LogP contribution in [0, 0.1) is 0 Å². The number of nitrogens with one attached hydrogen (secondary N) is 1. The summed E-state index contributed by atoms with van der Waals surface area (Å²) in [7, 11) is 0. The van der Waals surface area contributed by atoms with Crippen LogP contribution in [0.1, 0.15) is 43.7 Å². The minimum absolute atomic E-state index is 0.684. The highest BCUT2D eigenvalue weighted by molar-refractivity contribution is 6.33. The Morgan fingerprint density at radius 1 is 1.12 bits per heavy atom. The van der Waals surface area contributed by atoms with Crippen molar-refractivity contribution in [3.63, 3.8) is 0 Å². The number of halogens is 1. The van der Waals surface area contributed by atoms with E-state index < -0.39 is 0 Å². The van der Waals surface area contributed by atoms with Crippen molar-refractivity contribution < 1.29 is 0 Å². The lowest BCUT2D eigenvalue weighted by atomic mass is 9.99. The van der Waals surface area contributed by atoms with Crippen LogP contribution in [0.2, 0.25) is 5.02 Å². The number of rotatable bonds is 8. The van der Waals surface area contributed by atoms with Gasteiger partial charge in [0.25, 0.3) is 0 Å². The maximum atomic E-state index is 6.44. The average molecular weight is 356 g/mol. The monoisotopic (exact) mass is 355 g/mol. The van der Waals surface area contributed by atoms with E-state index >= 15 is 0 Å². The fourth-order valence-electron chi connectivity index (χ4n) is 3.42. The summed E-state index contributed by atoms with van der Waals surface area (Å²) >= 11 is 6.44. The highest BCUT2D eigenvalue weighted by Gasteiger charge is 2.16. The molecule has 3 nitrogen and oxygen atoms in total. The Hall–Kier alpha value is -1.84. The van der Waals surface area contributed by atoms with E-state index in [1.54, 1.807) is 12.4 Å². The Bertz CT molecular complexity index is 838. The van der Waals surface area contributed by atoms with Gasteiger partial charge in [0, 0.05) is 28.9 Å². The molecule has 4 heteroatoms. The summed E-state index contributed by atoms with van der Waals surface area (Å²) in [6.45, 7) is 2.96. The second-order valence-electron chi connectivity index (χ2n) is 6.52. The molecule has 0 radical (unpaired) electrons. The molecule has 3 rings (SSSR count). The number of unbranched alkanes of at least 4 members (excludes halogenated alkanes) is 2. The second-order valence-corrected chi connectivity index (χ2v) is 6.93. The third-order valence-electron chi connectivity index (χ3n) is 4.75. The van der Waals surface area contributed by atoms with E-state index in [1.807, 2.05) is 6.07 Å². The first-order chi connectivity index (χ1) is 12.3. The molecule has 132 valence electrons. The number of benzene rings is 1. The third-order valence-corrected chi connectivity index (χ3v) is 5.05. The standard InChI is InChI=1S/C21H26ClN3/c1-2-3-7-15-8-6-10-16-17(9-4-5-12-23)21(25-20(15)16)18-11-13-24-14-19(18)22/h6,8,10-11,13-14,25H,2-5,7,9,12,23H2,1H3. The lowest BCUT2D eigenvalue weighted by Crippen LogP contribution is -1.99. The molecule has 0 amide bonds. The molecule has 0 aliphatic rings. The topological polar surface area (TPSA) is 54.7 Å². The van der Waals surface area contributed by atoms with Crippen molar-refractivity contribution in [2.24, 2.45) is 5.73 Å². The molecule has 1 aromatic carbocycles. The number of aryl methyl sites for hydroxylation is 2. The molecule has 0 saturated heterocycles. The molecular weight excluding hydrogens is 330 g/mol. The first-order valence-corrected chi connectivity index (χ1v) is 9.56. The minimum Gasteiger partial charge on any atom is -0.354 e. The van der Waals surface area contributed by atoms with Gasteiger partial charge in [-0.2, -0.15) is 0 Å². The van der Waals surface area contributed by atoms with Crippen molar-refractivity contribution >= 4 is 22.5 Å². The number of fused-ring (bicyclic) bond motifs is 1. The van der Waals surface area contributed by atoms with Crippen LogP contribution >= 0.6 is 11.6 Å². The molecule has 0 aliphatic carbocycles. The third kappa shape index (κ3) is 3.88. The smallest absolute Gasteiger partial charge is 0.0682 e. The average Bonchev–Trinajstić information content (AvgIpc) is 3.00. The summed E-state index contributed by atoms with van der Waals surface area (Å²) in [4.78, 5) is 7.81. The molecule has 0 bridgehead atoms. The van der Waals surface area contributed by atoms with Crippen LogP contribution in [0.4, 0.5) is 0 Å². The first-order valence-electron chi connectivity index (χ1n) is 9.18. The molecule has 25 heavy (non-hydrogen) atoms. The van der Waals surface area contributed by atoms with E-state index in [0.717, 1.165) is 43.5 Å². The molecule has 0 atom stereocenters. The molecule has 0 saturated carbocycles. The molecular formula is C21H26ClN3. The highest BCUT2D eigenvalue weighted by atomic mass is 35.5. The molecule has 3 aromatic rings. The van der Waals surface area contributed by atoms with Crippen molar-refractivity contribution in [3.8, 4) is 11.3 Å². The number of pyridine rings is 1. The fourth-order valence-corrected chi connectivity index (χ4v) is 3.64. The van der Waals surface area contributed by atoms with E-state index in [1.165, 1.54) is 34.9 Å². The summed E-state index contributed by atoms with van der Waals surface area (Å²) in [5, 5.41) is 2.00. The van der Waals surface area contributed by atoms with Crippen LogP contribution < -0.4 is 5.73 Å². The molecule has 3 N–H and O–H groups in total. The summed E-state index contributed by atoms with van der Waals surface area (Å²) in [6, 6.07) is 8.62. The molecule has 0 spiro atoms. The van der Waals surface area contributed by atoms with Gasteiger partial charge in [-0.3, -0.25) is 4.98 Å². The number of hydrogen-bond donors (Lipinski definition) is 2. The van der Waals surface area contributed by atoms with Crippen molar-refractivity contribution in [3.05, 3.63) is 52.8 Å². The van der Waals surface area contributed by atoms with Crippen molar-refractivity contribution in [2.45, 2.75) is 45.4 Å². The van der Waals surface area contributed by atoms with Crippen LogP contribution in [0.15, 0.2) is 36.7 Å². The Labute approximate surface area is 154 Å². The zero-order chi connectivity index (χ0) is 17.6. The lowest BCUT2D eigenvalue weighted by molar-refractivity contribution is 0.748. The van der Waals surface area contributed by atoms with Gasteiger partial charge in [0.2, 0.25) is 0 Å². The van der Waals surface area contributed by atoms with Gasteiger partial charge in [0.15, 0.2) is 0 Å². The van der Waals surface area contributed by atoms with Gasteiger partial charge < -0.3 is 10.7 Å². The number of nitrogens with zero attached hydrogens (tertiary/aromatic N) is 1. The number of hydrogen-bond acceptors (Lipinski definition) is 2. The quantitative estimate of drug-likeness (QED) is 0.523. The molecule has 2 heterocycles. The van der Waals surface area contributed by atoms with Crippen LogP contribution in [-0.2, 0) is 12.8 Å². The number of aromatic amines is 1. The molecule has 0 unspecified atom stereocenters. The second kappa shape index (κ2) is 8.50. The van der Waals surface area contributed by atoms with Gasteiger partial charge in [-0.15, -0.1) is 0 Å². The fraction of sp³-hybridized carbons (Fsp3) is 0.381. The van der Waals surface area contributed by atoms with Crippen molar-refractivity contribution in [1.82, 2.24) is 9.97 Å². The van der Waals surface area contributed by atoms with Crippen LogP contribution in [0.3, 0.4) is 0 Å². The normalized spacial score (nSPS) is 11.3. The van der Waals surface area contributed by atoms with E-state index in [9.17, 15) is 0 Å². The Morgan fingerprint density at radius 3 is 2.76 bits per heavy atom. The van der Waals surface area contributed by atoms with E-state index in [2.05, 4.69) is 35.1 Å². The predicted octanol–water partition coefficient (Wildman–Crippen LogP) is 5.51. The molecule has 2 aromatic heterocycles. The van der Waals surface area contributed by atoms with Crippen LogP contribution in [0.5, 0.6) is 0 Å². The predicted molar refractivity (Wildman–Crippen MR) is 107 cm³/mol. The number of aromatic nitrogens is 2. The largest absolute Gasteiger partial charge is 0.354 e. The van der Waals surface area contributed by atoms with Gasteiger partial charge in [0.1, 0.15) is 0 Å². The van der Waals surface area contributed by atoms with Gasteiger partial charge >= 0.3 is 0 Å². The van der Waals surface area contributed by atoms with E-state index in [0.29, 0.717) is 5.02 Å². The number of nitrogens with two attached hydrogens (primary N) is 1. The zero-order valence-corrected chi connectivity index (χ0v) is 15.6. The number of para-hydroxylation sites is 1. The van der Waals surface area contributed by atoms with Gasteiger partial charge in [-0.05, 0) is 55.8 Å². The first kappa shape index (κ1) is 18.0. The zero-order valence-electron chi connectivity index (χ0n) is 14.8. The molecule has 0 aliphatic heterocycles. The minimum atomic E-state index is 0.684. The van der Waals surface area contributed by atoms with Crippen LogP contribution in [0.25, 0.3) is 22.2 Å². The summed E-state index contributed by atoms with van der Waals surface area (Å²) in [5.41, 5.74) is 11.8. The van der Waals surface area contributed by atoms with Gasteiger partial charge in [0.05, 0.1) is 10.7 Å². The van der Waals surface area contributed by atoms with Gasteiger partial charge in [-0.25, -0.2) is 0 Å². The maximum Gasteiger partial charge on any atom is 0.0682 e. The van der Waals surface area contributed by atoms with E-state index in [-0.39, 0.29) is 0 Å². The maximum absolute atomic E-state index is 6.44. The highest BCUT2D eigenvalue weighted by Crippen LogP contribution is 2.36. The Morgan fingerprint density at radius 2 is 2.00 bits per heavy atom. The Balaban J connectivity index is 2.13. The van der Waals surface area contributed by atoms with E-state index in [4.69, 9.17) is 17.3 Å². The van der Waals surface area contributed by atoms with Crippen molar-refractivity contribution in [1.29, 1.82) is 0 Å². The summed E-state index contributed by atoms with van der Waals surface area (Å²) in [5.74, 6) is 0.